The molecule has 0 radical (unpaired) electrons. The number of aromatic nitrogens is 2. The zero-order valence-electron chi connectivity index (χ0n) is 17.6. The van der Waals surface area contributed by atoms with E-state index in [1.165, 1.54) is 35.7 Å². The molecule has 0 saturated heterocycles. The number of alkyl halides is 3. The molecule has 0 bridgehead atoms. The summed E-state index contributed by atoms with van der Waals surface area (Å²) in [6.07, 6.45) is 1.40. The number of rotatable bonds is 5. The van der Waals surface area contributed by atoms with Gasteiger partial charge in [0, 0.05) is 41.5 Å². The van der Waals surface area contributed by atoms with Crippen molar-refractivity contribution in [2.24, 2.45) is 5.92 Å². The molecule has 168 valence electrons. The number of fused-ring (bicyclic) bond motifs is 4. The van der Waals surface area contributed by atoms with Crippen LogP contribution in [0.4, 0.5) is 17.6 Å². The molecule has 2 aromatic carbocycles. The third kappa shape index (κ3) is 3.65. The van der Waals surface area contributed by atoms with E-state index in [4.69, 9.17) is 4.74 Å². The van der Waals surface area contributed by atoms with E-state index in [9.17, 15) is 17.6 Å². The Kier molecular flexibility index (Phi) is 4.50. The van der Waals surface area contributed by atoms with Crippen LogP contribution in [0, 0.1) is 11.7 Å². The molecule has 0 aliphatic heterocycles. The average Bonchev–Trinajstić information content (AvgIpc) is 3.31. The number of hydrogen-bond acceptors (Lipinski definition) is 2. The Morgan fingerprint density at radius 2 is 1.91 bits per heavy atom. The fourth-order valence-corrected chi connectivity index (χ4v) is 4.98. The first-order chi connectivity index (χ1) is 15.9. The molecule has 2 heterocycles. The van der Waals surface area contributed by atoms with Crippen molar-refractivity contribution < 1.29 is 22.3 Å². The SMILES string of the molecule is Fc1cc2ccn(Cc3ccccc3C(F)(F)F)c2cc1COc1cc2c(cn1)C1CC1C2. The van der Waals surface area contributed by atoms with E-state index in [1.54, 1.807) is 29.0 Å². The van der Waals surface area contributed by atoms with E-state index in [0.29, 0.717) is 28.3 Å². The topological polar surface area (TPSA) is 27.1 Å². The minimum absolute atomic E-state index is 0.00919. The lowest BCUT2D eigenvalue weighted by molar-refractivity contribution is -0.138. The predicted octanol–water partition coefficient (Wildman–Crippen LogP) is 6.48. The largest absolute Gasteiger partial charge is 0.473 e. The summed E-state index contributed by atoms with van der Waals surface area (Å²) >= 11 is 0. The minimum Gasteiger partial charge on any atom is -0.473 e. The van der Waals surface area contributed by atoms with Crippen LogP contribution in [0.3, 0.4) is 0 Å². The molecule has 33 heavy (non-hydrogen) atoms. The van der Waals surface area contributed by atoms with Gasteiger partial charge in [-0.15, -0.1) is 0 Å². The van der Waals surface area contributed by atoms with Crippen LogP contribution in [0.5, 0.6) is 5.88 Å². The molecule has 3 nitrogen and oxygen atoms in total. The Labute approximate surface area is 187 Å². The van der Waals surface area contributed by atoms with Crippen molar-refractivity contribution in [1.82, 2.24) is 9.55 Å². The van der Waals surface area contributed by atoms with Gasteiger partial charge in [-0.25, -0.2) is 9.37 Å². The molecule has 0 spiro atoms. The molecular weight excluding hydrogens is 432 g/mol. The van der Waals surface area contributed by atoms with E-state index in [0.717, 1.165) is 18.4 Å². The molecule has 2 aliphatic rings. The third-order valence-corrected chi connectivity index (χ3v) is 6.78. The van der Waals surface area contributed by atoms with E-state index >= 15 is 0 Å². The lowest BCUT2D eigenvalue weighted by Crippen LogP contribution is -2.11. The number of halogens is 4. The average molecular weight is 452 g/mol. The molecule has 2 atom stereocenters. The van der Waals surface area contributed by atoms with E-state index in [1.807, 2.05) is 12.3 Å². The smallest absolute Gasteiger partial charge is 0.416 e. The van der Waals surface area contributed by atoms with Crippen LogP contribution in [0.25, 0.3) is 10.9 Å². The second kappa shape index (κ2) is 7.33. The van der Waals surface area contributed by atoms with Crippen molar-refractivity contribution in [3.8, 4) is 5.88 Å². The van der Waals surface area contributed by atoms with E-state index in [2.05, 4.69) is 4.98 Å². The van der Waals surface area contributed by atoms with Crippen LogP contribution >= 0.6 is 0 Å². The molecule has 7 heteroatoms. The fourth-order valence-electron chi connectivity index (χ4n) is 4.98. The lowest BCUT2D eigenvalue weighted by atomic mass is 10.1. The standard InChI is InChI=1S/C26H20F4N2O/c27-23-9-15-5-6-32(13-16-3-1-2-4-22(16)26(28,29)30)24(15)10-19(23)14-33-25-11-18-7-17-8-20(17)21(18)12-31-25/h1-6,9-12,17,20H,7-8,13-14H2. The molecule has 0 amide bonds. The summed E-state index contributed by atoms with van der Waals surface area (Å²) in [6.45, 7) is 0.0184. The van der Waals surface area contributed by atoms with Gasteiger partial charge < -0.3 is 9.30 Å². The van der Waals surface area contributed by atoms with Crippen LogP contribution in [0.2, 0.25) is 0 Å². The summed E-state index contributed by atoms with van der Waals surface area (Å²) in [6, 6.07) is 12.2. The summed E-state index contributed by atoms with van der Waals surface area (Å²) < 4.78 is 62.4. The lowest BCUT2D eigenvalue weighted by Gasteiger charge is -2.14. The molecule has 4 aromatic rings. The second-order valence-electron chi connectivity index (χ2n) is 8.92. The number of pyridine rings is 1. The number of benzene rings is 2. The third-order valence-electron chi connectivity index (χ3n) is 6.78. The summed E-state index contributed by atoms with van der Waals surface area (Å²) in [7, 11) is 0. The van der Waals surface area contributed by atoms with Crippen LogP contribution in [0.1, 0.15) is 40.2 Å². The normalized spacial score (nSPS) is 18.9. The maximum atomic E-state index is 14.7. The first kappa shape index (κ1) is 20.3. The second-order valence-corrected chi connectivity index (χ2v) is 8.92. The number of hydrogen-bond donors (Lipinski definition) is 0. The quantitative estimate of drug-likeness (QED) is 0.324. The molecule has 1 saturated carbocycles. The predicted molar refractivity (Wildman–Crippen MR) is 116 cm³/mol. The van der Waals surface area contributed by atoms with Gasteiger partial charge in [0.25, 0.3) is 0 Å². The maximum absolute atomic E-state index is 14.7. The van der Waals surface area contributed by atoms with Gasteiger partial charge in [0.2, 0.25) is 5.88 Å². The zero-order chi connectivity index (χ0) is 22.7. The molecule has 1 fully saturated rings. The van der Waals surface area contributed by atoms with Gasteiger partial charge in [-0.1, -0.05) is 18.2 Å². The van der Waals surface area contributed by atoms with Crippen molar-refractivity contribution >= 4 is 10.9 Å². The van der Waals surface area contributed by atoms with Crippen molar-refractivity contribution in [3.63, 3.8) is 0 Å². The van der Waals surface area contributed by atoms with Crippen molar-refractivity contribution in [2.45, 2.75) is 38.1 Å². The molecule has 0 N–H and O–H groups in total. The van der Waals surface area contributed by atoms with Gasteiger partial charge in [0.05, 0.1) is 5.56 Å². The summed E-state index contributed by atoms with van der Waals surface area (Å²) in [4.78, 5) is 4.37. The minimum atomic E-state index is -4.44. The highest BCUT2D eigenvalue weighted by Gasteiger charge is 2.45. The first-order valence-corrected chi connectivity index (χ1v) is 10.9. The molecule has 2 unspecified atom stereocenters. The van der Waals surface area contributed by atoms with Gasteiger partial charge in [0.15, 0.2) is 0 Å². The zero-order valence-corrected chi connectivity index (χ0v) is 17.6. The van der Waals surface area contributed by atoms with Crippen molar-refractivity contribution in [2.75, 3.05) is 0 Å². The highest BCUT2D eigenvalue weighted by atomic mass is 19.4. The maximum Gasteiger partial charge on any atom is 0.416 e. The van der Waals surface area contributed by atoms with Gasteiger partial charge in [-0.3, -0.25) is 0 Å². The molecular formula is C26H20F4N2O. The van der Waals surface area contributed by atoms with Crippen molar-refractivity contribution in [3.05, 3.63) is 94.6 Å². The Morgan fingerprint density at radius 1 is 1.06 bits per heavy atom. The van der Waals surface area contributed by atoms with Gasteiger partial charge in [-0.2, -0.15) is 13.2 Å². The molecule has 2 aromatic heterocycles. The van der Waals surface area contributed by atoms with Crippen LogP contribution in [0.15, 0.2) is 60.9 Å². The van der Waals surface area contributed by atoms with Gasteiger partial charge in [0.1, 0.15) is 12.4 Å². The van der Waals surface area contributed by atoms with Crippen molar-refractivity contribution in [1.29, 1.82) is 0 Å². The summed E-state index contributed by atoms with van der Waals surface area (Å²) in [5, 5.41) is 0.621. The van der Waals surface area contributed by atoms with E-state index < -0.39 is 17.6 Å². The van der Waals surface area contributed by atoms with E-state index in [-0.39, 0.29) is 18.7 Å². The first-order valence-electron chi connectivity index (χ1n) is 10.9. The number of ether oxygens (including phenoxy) is 1. The monoisotopic (exact) mass is 452 g/mol. The highest BCUT2D eigenvalue weighted by molar-refractivity contribution is 5.81. The van der Waals surface area contributed by atoms with Gasteiger partial charge in [-0.05, 0) is 65.6 Å². The Morgan fingerprint density at radius 3 is 2.76 bits per heavy atom. The summed E-state index contributed by atoms with van der Waals surface area (Å²) in [5.41, 5.74) is 3.03. The highest BCUT2D eigenvalue weighted by Crippen LogP contribution is 2.56. The Bertz CT molecular complexity index is 1370. The summed E-state index contributed by atoms with van der Waals surface area (Å²) in [5.74, 6) is 1.44. The van der Waals surface area contributed by atoms with Crippen LogP contribution in [-0.2, 0) is 25.7 Å². The van der Waals surface area contributed by atoms with Crippen LogP contribution in [-0.4, -0.2) is 9.55 Å². The van der Waals surface area contributed by atoms with Crippen LogP contribution < -0.4 is 4.74 Å². The number of nitrogens with zero attached hydrogens (tertiary/aromatic N) is 2. The molecule has 2 aliphatic carbocycles. The Balaban J connectivity index is 1.26. The molecule has 6 rings (SSSR count). The Hall–Kier alpha value is -3.35. The van der Waals surface area contributed by atoms with Gasteiger partial charge >= 0.3 is 6.18 Å². The fraction of sp³-hybridized carbons (Fsp3) is 0.269.